The maximum Gasteiger partial charge on any atom is 0.323 e. The molecule has 2 heterocycles. The second-order valence-electron chi connectivity index (χ2n) is 5.91. The molecule has 0 bridgehead atoms. The summed E-state index contributed by atoms with van der Waals surface area (Å²) in [6.45, 7) is 0. The molecule has 2 aromatic carbocycles. The van der Waals surface area contributed by atoms with Gasteiger partial charge in [-0.25, -0.2) is 18.6 Å². The van der Waals surface area contributed by atoms with Crippen LogP contribution < -0.4 is 10.6 Å². The number of amides is 2. The van der Waals surface area contributed by atoms with E-state index in [1.54, 1.807) is 12.1 Å². The van der Waals surface area contributed by atoms with E-state index >= 15 is 0 Å². The Morgan fingerprint density at radius 3 is 2.30 bits per heavy atom. The van der Waals surface area contributed by atoms with Crippen LogP contribution in [0.3, 0.4) is 0 Å². The summed E-state index contributed by atoms with van der Waals surface area (Å²) in [5, 5.41) is 5.00. The number of anilines is 2. The number of hydrogen-bond acceptors (Lipinski definition) is 2. The molecule has 0 aliphatic heterocycles. The number of rotatable bonds is 3. The van der Waals surface area contributed by atoms with Crippen LogP contribution in [0.5, 0.6) is 0 Å². The first-order chi connectivity index (χ1) is 13.1. The number of nitrogens with zero attached hydrogens (tertiary/aromatic N) is 2. The van der Waals surface area contributed by atoms with E-state index < -0.39 is 17.7 Å². The molecule has 7 heteroatoms. The lowest BCUT2D eigenvalue weighted by atomic mass is 10.1. The molecule has 2 aromatic heterocycles. The van der Waals surface area contributed by atoms with E-state index in [2.05, 4.69) is 15.6 Å². The molecule has 0 aliphatic rings. The minimum Gasteiger partial charge on any atom is -0.308 e. The molecule has 0 aliphatic carbocycles. The fourth-order valence-corrected chi connectivity index (χ4v) is 2.72. The second kappa shape index (κ2) is 6.87. The highest BCUT2D eigenvalue weighted by Crippen LogP contribution is 2.21. The summed E-state index contributed by atoms with van der Waals surface area (Å²) in [6, 6.07) is 15.1. The van der Waals surface area contributed by atoms with E-state index in [4.69, 9.17) is 0 Å². The summed E-state index contributed by atoms with van der Waals surface area (Å²) in [5.41, 5.74) is 3.13. The predicted octanol–water partition coefficient (Wildman–Crippen LogP) is 4.92. The summed E-state index contributed by atoms with van der Waals surface area (Å²) in [5.74, 6) is -1.52. The largest absolute Gasteiger partial charge is 0.323 e. The Morgan fingerprint density at radius 2 is 1.59 bits per heavy atom. The Kier molecular flexibility index (Phi) is 4.25. The van der Waals surface area contributed by atoms with E-state index in [9.17, 15) is 13.6 Å². The molecule has 0 radical (unpaired) electrons. The summed E-state index contributed by atoms with van der Waals surface area (Å²) >= 11 is 0. The molecule has 0 saturated heterocycles. The maximum atomic E-state index is 13.2. The van der Waals surface area contributed by atoms with E-state index in [-0.39, 0.29) is 5.69 Å². The number of carbonyl (C=O) groups is 1. The summed E-state index contributed by atoms with van der Waals surface area (Å²) in [7, 11) is 0. The van der Waals surface area contributed by atoms with E-state index in [1.807, 2.05) is 47.1 Å². The third-order valence-corrected chi connectivity index (χ3v) is 3.92. The van der Waals surface area contributed by atoms with Gasteiger partial charge in [-0.1, -0.05) is 18.2 Å². The fraction of sp³-hybridized carbons (Fsp3) is 0. The van der Waals surface area contributed by atoms with Crippen molar-refractivity contribution in [1.82, 2.24) is 9.38 Å². The molecule has 0 atom stereocenters. The fourth-order valence-electron chi connectivity index (χ4n) is 2.72. The lowest BCUT2D eigenvalue weighted by Crippen LogP contribution is -2.19. The molecule has 0 saturated carbocycles. The van der Waals surface area contributed by atoms with Gasteiger partial charge in [0.15, 0.2) is 0 Å². The molecule has 0 spiro atoms. The van der Waals surface area contributed by atoms with Crippen LogP contribution in [-0.2, 0) is 0 Å². The monoisotopic (exact) mass is 364 g/mol. The van der Waals surface area contributed by atoms with Crippen molar-refractivity contribution in [2.75, 3.05) is 10.6 Å². The number of halogens is 2. The molecule has 4 rings (SSSR count). The van der Waals surface area contributed by atoms with Crippen molar-refractivity contribution in [1.29, 1.82) is 0 Å². The molecule has 0 unspecified atom stereocenters. The Balaban J connectivity index is 1.46. The van der Waals surface area contributed by atoms with Crippen LogP contribution in [0.15, 0.2) is 73.1 Å². The van der Waals surface area contributed by atoms with Crippen LogP contribution in [0.1, 0.15) is 0 Å². The van der Waals surface area contributed by atoms with Crippen molar-refractivity contribution in [3.63, 3.8) is 0 Å². The number of imidazole rings is 1. The minimum absolute atomic E-state index is 0.0336. The van der Waals surface area contributed by atoms with Gasteiger partial charge in [-0.3, -0.25) is 0 Å². The lowest BCUT2D eigenvalue weighted by Gasteiger charge is -2.08. The van der Waals surface area contributed by atoms with Crippen molar-refractivity contribution in [3.05, 3.63) is 84.7 Å². The van der Waals surface area contributed by atoms with Crippen LogP contribution in [0.4, 0.5) is 25.0 Å². The highest BCUT2D eigenvalue weighted by Gasteiger charge is 2.07. The number of carbonyl (C=O) groups excluding carboxylic acids is 1. The Bertz CT molecular complexity index is 1070. The lowest BCUT2D eigenvalue weighted by molar-refractivity contribution is 0.262. The number of fused-ring (bicyclic) bond motifs is 1. The molecule has 5 nitrogen and oxygen atoms in total. The van der Waals surface area contributed by atoms with Crippen molar-refractivity contribution >= 4 is 23.1 Å². The van der Waals surface area contributed by atoms with Gasteiger partial charge in [-0.2, -0.15) is 0 Å². The number of urea groups is 1. The highest BCUT2D eigenvalue weighted by molar-refractivity contribution is 5.99. The smallest absolute Gasteiger partial charge is 0.308 e. The molecule has 134 valence electrons. The minimum atomic E-state index is -0.762. The van der Waals surface area contributed by atoms with Gasteiger partial charge in [0.1, 0.15) is 17.3 Å². The van der Waals surface area contributed by atoms with E-state index in [1.165, 1.54) is 0 Å². The number of aromatic nitrogens is 2. The van der Waals surface area contributed by atoms with Crippen molar-refractivity contribution in [2.24, 2.45) is 0 Å². The average Bonchev–Trinajstić information content (AvgIpc) is 3.05. The van der Waals surface area contributed by atoms with Gasteiger partial charge >= 0.3 is 6.03 Å². The molecule has 4 aromatic rings. The van der Waals surface area contributed by atoms with Gasteiger partial charge in [0.25, 0.3) is 0 Å². The Hall–Kier alpha value is -3.74. The third kappa shape index (κ3) is 3.77. The van der Waals surface area contributed by atoms with E-state index in [0.717, 1.165) is 35.1 Å². The second-order valence-corrected chi connectivity index (χ2v) is 5.91. The SMILES string of the molecule is O=C(Nc1ccc(-c2cn3ccccc3n2)cc1)Nc1cc(F)cc(F)c1. The number of nitrogens with one attached hydrogen (secondary N) is 2. The normalized spacial score (nSPS) is 10.7. The van der Waals surface area contributed by atoms with Crippen molar-refractivity contribution in [3.8, 4) is 11.3 Å². The van der Waals surface area contributed by atoms with E-state index in [0.29, 0.717) is 5.69 Å². The predicted molar refractivity (Wildman–Crippen MR) is 99.6 cm³/mol. The van der Waals surface area contributed by atoms with Gasteiger partial charge < -0.3 is 15.0 Å². The first-order valence-electron chi connectivity index (χ1n) is 8.15. The first kappa shape index (κ1) is 16.7. The van der Waals surface area contributed by atoms with Gasteiger partial charge in [0, 0.05) is 35.4 Å². The maximum absolute atomic E-state index is 13.2. The van der Waals surface area contributed by atoms with Crippen LogP contribution in [0, 0.1) is 11.6 Å². The van der Waals surface area contributed by atoms with Crippen LogP contribution in [-0.4, -0.2) is 15.4 Å². The molecular weight excluding hydrogens is 350 g/mol. The average molecular weight is 364 g/mol. The Morgan fingerprint density at radius 1 is 0.889 bits per heavy atom. The zero-order chi connectivity index (χ0) is 18.8. The number of pyridine rings is 1. The molecule has 2 amide bonds. The van der Waals surface area contributed by atoms with Gasteiger partial charge in [-0.05, 0) is 36.4 Å². The molecule has 2 N–H and O–H groups in total. The molecule has 0 fully saturated rings. The zero-order valence-corrected chi connectivity index (χ0v) is 14.0. The van der Waals surface area contributed by atoms with Crippen LogP contribution in [0.2, 0.25) is 0 Å². The number of benzene rings is 2. The standard InChI is InChI=1S/C20H14F2N4O/c21-14-9-15(22)11-17(10-14)24-20(27)23-16-6-4-13(5-7-16)18-12-26-8-2-1-3-19(26)25-18/h1-12H,(H2,23,24,27). The summed E-state index contributed by atoms with van der Waals surface area (Å²) in [4.78, 5) is 16.5. The van der Waals surface area contributed by atoms with Crippen LogP contribution >= 0.6 is 0 Å². The zero-order valence-electron chi connectivity index (χ0n) is 14.0. The number of hydrogen-bond donors (Lipinski definition) is 2. The van der Waals surface area contributed by atoms with Gasteiger partial charge in [0.05, 0.1) is 5.69 Å². The van der Waals surface area contributed by atoms with Gasteiger partial charge in [0.2, 0.25) is 0 Å². The summed E-state index contributed by atoms with van der Waals surface area (Å²) < 4.78 is 28.3. The van der Waals surface area contributed by atoms with Gasteiger partial charge in [-0.15, -0.1) is 0 Å². The first-order valence-corrected chi connectivity index (χ1v) is 8.15. The molecular formula is C20H14F2N4O. The molecule has 27 heavy (non-hydrogen) atoms. The quantitative estimate of drug-likeness (QED) is 0.542. The Labute approximate surface area is 153 Å². The van der Waals surface area contributed by atoms with Crippen molar-refractivity contribution in [2.45, 2.75) is 0 Å². The summed E-state index contributed by atoms with van der Waals surface area (Å²) in [6.07, 6.45) is 3.84. The topological polar surface area (TPSA) is 58.4 Å². The van der Waals surface area contributed by atoms with Crippen molar-refractivity contribution < 1.29 is 13.6 Å². The third-order valence-electron chi connectivity index (χ3n) is 3.92. The highest BCUT2D eigenvalue weighted by atomic mass is 19.1. The van der Waals surface area contributed by atoms with Crippen LogP contribution in [0.25, 0.3) is 16.9 Å².